The van der Waals surface area contributed by atoms with Crippen LogP contribution in [0, 0.1) is 0 Å². The molecule has 24 heavy (non-hydrogen) atoms. The molecule has 5 N–H and O–H groups in total. The molecule has 0 saturated heterocycles. The Morgan fingerprint density at radius 2 is 2.00 bits per heavy atom. The summed E-state index contributed by atoms with van der Waals surface area (Å²) in [6.07, 6.45) is -2.85. The van der Waals surface area contributed by atoms with Gasteiger partial charge in [-0.25, -0.2) is 4.79 Å². The van der Waals surface area contributed by atoms with Crippen LogP contribution in [0.25, 0.3) is 0 Å². The fourth-order valence-corrected chi connectivity index (χ4v) is 2.27. The smallest absolute Gasteiger partial charge is 0.407 e. The molecule has 1 rings (SSSR count). The topological polar surface area (TPSA) is 114 Å². The third kappa shape index (κ3) is 6.07. The molecule has 0 saturated carbocycles. The van der Waals surface area contributed by atoms with Crippen molar-refractivity contribution in [3.8, 4) is 5.75 Å². The minimum atomic E-state index is -1.24. The summed E-state index contributed by atoms with van der Waals surface area (Å²) < 4.78 is 10.2. The Balaban J connectivity index is 2.62. The Hall–Kier alpha value is -1.70. The maximum Gasteiger partial charge on any atom is 0.407 e. The highest BCUT2D eigenvalue weighted by Gasteiger charge is 2.23. The molecule has 0 bridgehead atoms. The number of anilines is 1. The van der Waals surface area contributed by atoms with Crippen LogP contribution in [0.1, 0.15) is 38.9 Å². The lowest BCUT2D eigenvalue weighted by atomic mass is 10.0. The van der Waals surface area contributed by atoms with E-state index in [4.69, 9.17) is 26.8 Å². The summed E-state index contributed by atoms with van der Waals surface area (Å²) >= 11 is 6.06. The lowest BCUT2D eigenvalue weighted by Crippen LogP contribution is -2.34. The zero-order valence-electron chi connectivity index (χ0n) is 14.3. The van der Waals surface area contributed by atoms with Crippen LogP contribution < -0.4 is 15.8 Å². The standard InChI is InChI=1S/C16H25ClN2O5/c1-16(2,3)24-15(22)19-6-5-12(20)14(21)9-7-13(23-4)11(18)8-10(9)17/h7-8,12,14,20-21H,5-6,18H2,1-4H3,(H,19,22). The first-order valence-corrected chi connectivity index (χ1v) is 7.89. The first-order chi connectivity index (χ1) is 11.0. The van der Waals surface area contributed by atoms with E-state index >= 15 is 0 Å². The molecule has 7 nitrogen and oxygen atoms in total. The number of alkyl carbamates (subject to hydrolysis) is 1. The summed E-state index contributed by atoms with van der Waals surface area (Å²) in [5.41, 5.74) is 5.76. The van der Waals surface area contributed by atoms with Gasteiger partial charge in [0.2, 0.25) is 0 Å². The van der Waals surface area contributed by atoms with Crippen LogP contribution in [0.3, 0.4) is 0 Å². The normalized spacial score (nSPS) is 14.0. The van der Waals surface area contributed by atoms with E-state index in [1.165, 1.54) is 19.2 Å². The van der Waals surface area contributed by atoms with Crippen LogP contribution in [0.2, 0.25) is 5.02 Å². The number of methoxy groups -OCH3 is 1. The number of hydrogen-bond acceptors (Lipinski definition) is 6. The Labute approximate surface area is 146 Å². The van der Waals surface area contributed by atoms with E-state index in [1.807, 2.05) is 0 Å². The summed E-state index contributed by atoms with van der Waals surface area (Å²) in [5.74, 6) is 0.354. The number of carbonyl (C=O) groups excluding carboxylic acids is 1. The van der Waals surface area contributed by atoms with Gasteiger partial charge in [0.25, 0.3) is 0 Å². The third-order valence-corrected chi connectivity index (χ3v) is 3.47. The summed E-state index contributed by atoms with van der Waals surface area (Å²) in [6, 6.07) is 2.93. The molecule has 1 aromatic carbocycles. The van der Waals surface area contributed by atoms with Gasteiger partial charge in [0.1, 0.15) is 17.5 Å². The van der Waals surface area contributed by atoms with Crippen molar-refractivity contribution in [1.82, 2.24) is 5.32 Å². The molecule has 2 atom stereocenters. The Morgan fingerprint density at radius 1 is 1.38 bits per heavy atom. The summed E-state index contributed by atoms with van der Waals surface area (Å²) in [6.45, 7) is 5.39. The lowest BCUT2D eigenvalue weighted by Gasteiger charge is -2.22. The van der Waals surface area contributed by atoms with E-state index in [9.17, 15) is 15.0 Å². The number of amides is 1. The fraction of sp³-hybridized carbons (Fsp3) is 0.562. The second kappa shape index (κ2) is 8.41. The van der Waals surface area contributed by atoms with Crippen molar-refractivity contribution >= 4 is 23.4 Å². The predicted octanol–water partition coefficient (Wildman–Crippen LogP) is 2.24. The van der Waals surface area contributed by atoms with Crippen LogP contribution in [0.4, 0.5) is 10.5 Å². The molecule has 0 aliphatic heterocycles. The maximum absolute atomic E-state index is 11.5. The SMILES string of the molecule is COc1cc(C(O)C(O)CCNC(=O)OC(C)(C)C)c(Cl)cc1N. The van der Waals surface area contributed by atoms with E-state index < -0.39 is 23.9 Å². The second-order valence-electron chi connectivity index (χ2n) is 6.35. The Morgan fingerprint density at radius 3 is 2.54 bits per heavy atom. The molecule has 1 amide bonds. The van der Waals surface area contributed by atoms with Crippen LogP contribution in [0.15, 0.2) is 12.1 Å². The molecule has 0 fully saturated rings. The number of ether oxygens (including phenoxy) is 2. The molecule has 0 radical (unpaired) electrons. The maximum atomic E-state index is 11.5. The van der Waals surface area contributed by atoms with Crippen LogP contribution >= 0.6 is 11.6 Å². The number of nitrogen functional groups attached to an aromatic ring is 1. The number of nitrogens with one attached hydrogen (secondary N) is 1. The van der Waals surface area contributed by atoms with Crippen molar-refractivity contribution in [3.05, 3.63) is 22.7 Å². The molecule has 0 heterocycles. The average molecular weight is 361 g/mol. The van der Waals surface area contributed by atoms with Crippen LogP contribution in [-0.4, -0.2) is 41.7 Å². The molecule has 0 aromatic heterocycles. The van der Waals surface area contributed by atoms with Gasteiger partial charge in [-0.1, -0.05) is 11.6 Å². The number of aliphatic hydroxyl groups excluding tert-OH is 2. The largest absolute Gasteiger partial charge is 0.495 e. The van der Waals surface area contributed by atoms with E-state index in [0.29, 0.717) is 17.0 Å². The number of halogens is 1. The number of rotatable bonds is 6. The highest BCUT2D eigenvalue weighted by atomic mass is 35.5. The van der Waals surface area contributed by atoms with Gasteiger partial charge in [-0.15, -0.1) is 0 Å². The zero-order chi connectivity index (χ0) is 18.5. The molecule has 1 aromatic rings. The van der Waals surface area contributed by atoms with Crippen molar-refractivity contribution in [1.29, 1.82) is 0 Å². The summed E-state index contributed by atoms with van der Waals surface area (Å²) in [7, 11) is 1.44. The number of nitrogens with two attached hydrogens (primary N) is 1. The highest BCUT2D eigenvalue weighted by Crippen LogP contribution is 2.34. The summed E-state index contributed by atoms with van der Waals surface area (Å²) in [4.78, 5) is 11.5. The molecular weight excluding hydrogens is 336 g/mol. The van der Waals surface area contributed by atoms with Gasteiger partial charge in [-0.05, 0) is 39.3 Å². The molecule has 0 spiro atoms. The minimum absolute atomic E-state index is 0.115. The van der Waals surface area contributed by atoms with Gasteiger partial charge in [0.05, 0.1) is 18.9 Å². The van der Waals surface area contributed by atoms with Gasteiger partial charge in [0, 0.05) is 17.1 Å². The van der Waals surface area contributed by atoms with Crippen LogP contribution in [-0.2, 0) is 4.74 Å². The Kier molecular flexibility index (Phi) is 7.13. The first-order valence-electron chi connectivity index (χ1n) is 7.51. The van der Waals surface area contributed by atoms with Crippen molar-refractivity contribution < 1.29 is 24.5 Å². The quantitative estimate of drug-likeness (QED) is 0.578. The Bertz CT molecular complexity index is 574. The van der Waals surface area contributed by atoms with Crippen molar-refractivity contribution in [2.24, 2.45) is 0 Å². The summed E-state index contributed by atoms with van der Waals surface area (Å²) in [5, 5.41) is 23.1. The van der Waals surface area contributed by atoms with E-state index in [2.05, 4.69) is 5.32 Å². The van der Waals surface area contributed by atoms with Gasteiger partial charge < -0.3 is 30.7 Å². The van der Waals surface area contributed by atoms with Crippen molar-refractivity contribution in [2.75, 3.05) is 19.4 Å². The fourth-order valence-electron chi connectivity index (χ4n) is 1.99. The number of hydrogen-bond donors (Lipinski definition) is 4. The molecule has 136 valence electrons. The van der Waals surface area contributed by atoms with Gasteiger partial charge >= 0.3 is 6.09 Å². The third-order valence-electron chi connectivity index (χ3n) is 3.14. The molecule has 0 aliphatic rings. The molecular formula is C16H25ClN2O5. The highest BCUT2D eigenvalue weighted by molar-refractivity contribution is 6.31. The predicted molar refractivity (Wildman–Crippen MR) is 92.2 cm³/mol. The van der Waals surface area contributed by atoms with E-state index in [0.717, 1.165) is 0 Å². The first kappa shape index (κ1) is 20.3. The van der Waals surface area contributed by atoms with E-state index in [1.54, 1.807) is 20.8 Å². The lowest BCUT2D eigenvalue weighted by molar-refractivity contribution is 0.0123. The van der Waals surface area contributed by atoms with E-state index in [-0.39, 0.29) is 18.0 Å². The average Bonchev–Trinajstić information content (AvgIpc) is 2.44. The van der Waals surface area contributed by atoms with Gasteiger partial charge in [0.15, 0.2) is 0 Å². The monoisotopic (exact) mass is 360 g/mol. The number of carbonyl (C=O) groups is 1. The minimum Gasteiger partial charge on any atom is -0.495 e. The van der Waals surface area contributed by atoms with Crippen molar-refractivity contribution in [2.45, 2.75) is 45.0 Å². The van der Waals surface area contributed by atoms with Crippen molar-refractivity contribution in [3.63, 3.8) is 0 Å². The zero-order valence-corrected chi connectivity index (χ0v) is 15.1. The number of benzene rings is 1. The number of aliphatic hydroxyl groups is 2. The molecule has 2 unspecified atom stereocenters. The van der Waals surface area contributed by atoms with Crippen LogP contribution in [0.5, 0.6) is 5.75 Å². The van der Waals surface area contributed by atoms with Gasteiger partial charge in [-0.3, -0.25) is 0 Å². The molecule has 8 heteroatoms. The van der Waals surface area contributed by atoms with Gasteiger partial charge in [-0.2, -0.15) is 0 Å². The second-order valence-corrected chi connectivity index (χ2v) is 6.75. The molecule has 0 aliphatic carbocycles.